The van der Waals surface area contributed by atoms with Crippen LogP contribution in [0.15, 0.2) is 78.9 Å². The molecule has 1 saturated heterocycles. The zero-order chi connectivity index (χ0) is 20.9. The predicted octanol–water partition coefficient (Wildman–Crippen LogP) is 4.92. The number of carbonyl (C=O) groups is 2. The van der Waals surface area contributed by atoms with Gasteiger partial charge >= 0.3 is 0 Å². The second-order valence-electron chi connectivity index (χ2n) is 7.42. The van der Waals surface area contributed by atoms with Crippen LogP contribution in [0.2, 0.25) is 0 Å². The van der Waals surface area contributed by atoms with Gasteiger partial charge in [-0.15, -0.1) is 0 Å². The molecule has 4 rings (SSSR count). The maximum Gasteiger partial charge on any atom is 0.253 e. The first-order chi connectivity index (χ1) is 14.6. The fraction of sp³-hybridized carbons (Fsp3) is 0.200. The molecule has 0 unspecified atom stereocenters. The van der Waals surface area contributed by atoms with Gasteiger partial charge in [-0.2, -0.15) is 0 Å². The highest BCUT2D eigenvalue weighted by atomic mass is 16.5. The summed E-state index contributed by atoms with van der Waals surface area (Å²) >= 11 is 0. The summed E-state index contributed by atoms with van der Waals surface area (Å²) in [6, 6.07) is 23.1. The van der Waals surface area contributed by atoms with Crippen molar-refractivity contribution >= 4 is 11.7 Å². The summed E-state index contributed by atoms with van der Waals surface area (Å²) in [4.78, 5) is 27.2. The Hall–Kier alpha value is -3.60. The van der Waals surface area contributed by atoms with Crippen molar-refractivity contribution in [2.24, 2.45) is 5.92 Å². The monoisotopic (exact) mass is 401 g/mol. The molecule has 0 spiro atoms. The van der Waals surface area contributed by atoms with Crippen LogP contribution in [-0.2, 0) is 0 Å². The first-order valence-corrected chi connectivity index (χ1v) is 10.1. The van der Waals surface area contributed by atoms with Gasteiger partial charge in [-0.3, -0.25) is 9.59 Å². The van der Waals surface area contributed by atoms with E-state index in [0.717, 1.165) is 5.75 Å². The number of piperidine rings is 1. The number of amides is 1. The Labute approximate surface area is 175 Å². The second kappa shape index (κ2) is 8.82. The molecule has 1 heterocycles. The number of hydrogen-bond acceptors (Lipinski definition) is 4. The van der Waals surface area contributed by atoms with E-state index in [2.05, 4.69) is 0 Å². The molecule has 152 valence electrons. The molecular formula is C25H23NO4. The molecule has 0 saturated carbocycles. The molecule has 1 N–H and O–H groups in total. The van der Waals surface area contributed by atoms with Gasteiger partial charge in [0.25, 0.3) is 5.91 Å². The highest BCUT2D eigenvalue weighted by Crippen LogP contribution is 2.26. The molecule has 5 nitrogen and oxygen atoms in total. The number of hydrogen-bond donors (Lipinski definition) is 1. The third-order valence-electron chi connectivity index (χ3n) is 5.36. The molecular weight excluding hydrogens is 378 g/mol. The lowest BCUT2D eigenvalue weighted by Crippen LogP contribution is -2.40. The highest BCUT2D eigenvalue weighted by Gasteiger charge is 2.28. The fourth-order valence-corrected chi connectivity index (χ4v) is 3.71. The zero-order valence-corrected chi connectivity index (χ0v) is 16.5. The minimum atomic E-state index is -0.112. The number of phenols is 1. The van der Waals surface area contributed by atoms with E-state index >= 15 is 0 Å². The number of benzene rings is 3. The average molecular weight is 401 g/mol. The summed E-state index contributed by atoms with van der Waals surface area (Å²) in [5.74, 6) is 1.40. The summed E-state index contributed by atoms with van der Waals surface area (Å²) in [6.07, 6.45) is 1.26. The van der Waals surface area contributed by atoms with Crippen LogP contribution in [0.25, 0.3) is 0 Å². The van der Waals surface area contributed by atoms with Gasteiger partial charge < -0.3 is 14.7 Å². The largest absolute Gasteiger partial charge is 0.508 e. The van der Waals surface area contributed by atoms with Gasteiger partial charge in [-0.1, -0.05) is 24.3 Å². The van der Waals surface area contributed by atoms with Crippen LogP contribution in [0.3, 0.4) is 0 Å². The first-order valence-electron chi connectivity index (χ1n) is 10.1. The maximum absolute atomic E-state index is 12.9. The van der Waals surface area contributed by atoms with Crippen LogP contribution in [0.4, 0.5) is 0 Å². The van der Waals surface area contributed by atoms with Crippen LogP contribution in [0, 0.1) is 5.92 Å². The van der Waals surface area contributed by atoms with Crippen LogP contribution < -0.4 is 4.74 Å². The van der Waals surface area contributed by atoms with Gasteiger partial charge in [-0.05, 0) is 67.4 Å². The fourth-order valence-electron chi connectivity index (χ4n) is 3.71. The number of Topliss-reactive ketones (excluding diaryl/α,β-unsaturated/α-hetero) is 1. The standard InChI is InChI=1S/C25H23NO4/c27-21-6-4-5-20(17-21)25(29)26-15-13-19(14-16-26)24(28)18-9-11-23(12-10-18)30-22-7-2-1-3-8-22/h1-12,17,19,27H,13-16H2. The smallest absolute Gasteiger partial charge is 0.253 e. The van der Waals surface area contributed by atoms with Gasteiger partial charge in [0.1, 0.15) is 17.2 Å². The molecule has 0 atom stereocenters. The average Bonchev–Trinajstić information content (AvgIpc) is 2.79. The van der Waals surface area contributed by atoms with E-state index in [1.807, 2.05) is 30.3 Å². The van der Waals surface area contributed by atoms with E-state index in [1.165, 1.54) is 12.1 Å². The molecule has 3 aromatic carbocycles. The number of ether oxygens (including phenoxy) is 1. The van der Waals surface area contributed by atoms with E-state index < -0.39 is 0 Å². The molecule has 0 aromatic heterocycles. The summed E-state index contributed by atoms with van der Waals surface area (Å²) in [7, 11) is 0. The van der Waals surface area contributed by atoms with Gasteiger partial charge in [0.15, 0.2) is 5.78 Å². The number of aromatic hydroxyl groups is 1. The van der Waals surface area contributed by atoms with Crippen LogP contribution >= 0.6 is 0 Å². The summed E-state index contributed by atoms with van der Waals surface area (Å²) in [5.41, 5.74) is 1.13. The van der Waals surface area contributed by atoms with E-state index in [-0.39, 0.29) is 23.4 Å². The van der Waals surface area contributed by atoms with Crippen molar-refractivity contribution in [2.45, 2.75) is 12.8 Å². The molecule has 1 aliphatic rings. The quantitative estimate of drug-likeness (QED) is 0.616. The van der Waals surface area contributed by atoms with Gasteiger partial charge in [0.05, 0.1) is 0 Å². The SMILES string of the molecule is O=C(c1ccc(Oc2ccccc2)cc1)C1CCN(C(=O)c2cccc(O)c2)CC1. The minimum Gasteiger partial charge on any atom is -0.508 e. The zero-order valence-electron chi connectivity index (χ0n) is 16.5. The molecule has 0 aliphatic carbocycles. The normalized spacial score (nSPS) is 14.3. The Balaban J connectivity index is 1.34. The summed E-state index contributed by atoms with van der Waals surface area (Å²) in [5, 5.41) is 9.58. The molecule has 3 aromatic rings. The van der Waals surface area contributed by atoms with E-state index in [9.17, 15) is 14.7 Å². The summed E-state index contributed by atoms with van der Waals surface area (Å²) < 4.78 is 5.78. The Morgan fingerprint density at radius 1 is 0.800 bits per heavy atom. The van der Waals surface area contributed by atoms with Crippen molar-refractivity contribution in [3.05, 3.63) is 90.0 Å². The number of rotatable bonds is 5. The molecule has 1 aliphatic heterocycles. The number of phenolic OH excluding ortho intramolecular Hbond substituents is 1. The molecule has 0 bridgehead atoms. The van der Waals surface area contributed by atoms with Crippen molar-refractivity contribution in [1.29, 1.82) is 0 Å². The topological polar surface area (TPSA) is 66.8 Å². The Kier molecular flexibility index (Phi) is 5.80. The number of ketones is 1. The maximum atomic E-state index is 12.9. The van der Waals surface area contributed by atoms with Gasteiger partial charge in [0.2, 0.25) is 0 Å². The Bertz CT molecular complexity index is 1020. The van der Waals surface area contributed by atoms with E-state index in [0.29, 0.717) is 42.8 Å². The van der Waals surface area contributed by atoms with Crippen LogP contribution in [-0.4, -0.2) is 34.8 Å². The number of nitrogens with zero attached hydrogens (tertiary/aromatic N) is 1. The van der Waals surface area contributed by atoms with Crippen LogP contribution in [0.1, 0.15) is 33.6 Å². The van der Waals surface area contributed by atoms with Crippen LogP contribution in [0.5, 0.6) is 17.2 Å². The molecule has 30 heavy (non-hydrogen) atoms. The van der Waals surface area contributed by atoms with Crippen molar-refractivity contribution in [3.8, 4) is 17.2 Å². The number of carbonyl (C=O) groups excluding carboxylic acids is 2. The first kappa shape index (κ1) is 19.7. The van der Waals surface area contributed by atoms with Crippen molar-refractivity contribution in [2.75, 3.05) is 13.1 Å². The van der Waals surface area contributed by atoms with E-state index in [1.54, 1.807) is 41.3 Å². The Morgan fingerprint density at radius 2 is 1.47 bits per heavy atom. The minimum absolute atomic E-state index is 0.0746. The third kappa shape index (κ3) is 4.51. The summed E-state index contributed by atoms with van der Waals surface area (Å²) in [6.45, 7) is 1.06. The van der Waals surface area contributed by atoms with Crippen molar-refractivity contribution < 1.29 is 19.4 Å². The van der Waals surface area contributed by atoms with E-state index in [4.69, 9.17) is 4.74 Å². The molecule has 5 heteroatoms. The van der Waals surface area contributed by atoms with Crippen molar-refractivity contribution in [1.82, 2.24) is 4.90 Å². The third-order valence-corrected chi connectivity index (χ3v) is 5.36. The van der Waals surface area contributed by atoms with Gasteiger partial charge in [-0.25, -0.2) is 0 Å². The number of likely N-dealkylation sites (tertiary alicyclic amines) is 1. The molecule has 1 amide bonds. The molecule has 0 radical (unpaired) electrons. The van der Waals surface area contributed by atoms with Crippen molar-refractivity contribution in [3.63, 3.8) is 0 Å². The van der Waals surface area contributed by atoms with Gasteiger partial charge in [0, 0.05) is 30.1 Å². The molecule has 1 fully saturated rings. The lowest BCUT2D eigenvalue weighted by Gasteiger charge is -2.31. The lowest BCUT2D eigenvalue weighted by molar-refractivity contribution is 0.0650. The lowest BCUT2D eigenvalue weighted by atomic mass is 9.88. The number of para-hydroxylation sites is 1. The second-order valence-corrected chi connectivity index (χ2v) is 7.42. The Morgan fingerprint density at radius 3 is 2.13 bits per heavy atom. The predicted molar refractivity (Wildman–Crippen MR) is 114 cm³/mol. The highest BCUT2D eigenvalue weighted by molar-refractivity contribution is 5.98.